The molecule has 5 heteroatoms. The van der Waals surface area contributed by atoms with Crippen molar-refractivity contribution in [1.29, 1.82) is 0 Å². The number of hydrogen-bond acceptors (Lipinski definition) is 2. The largest absolute Gasteiger partial charge is 0.485 e. The van der Waals surface area contributed by atoms with Gasteiger partial charge in [0.25, 0.3) is 0 Å². The fraction of sp³-hybridized carbons (Fsp3) is 0.200. The van der Waals surface area contributed by atoms with E-state index in [1.807, 2.05) is 12.1 Å². The molecule has 1 aliphatic heterocycles. The van der Waals surface area contributed by atoms with Gasteiger partial charge in [0.05, 0.1) is 11.1 Å². The standard InChI is InChI=1S/C15H11BrClFO2/c16-9-2-3-10-13(19)7-14(20-15(10)6-9)8-1-4-11(17)12(18)5-8/h1-6,13-14,19H,7H2/t13-,14?/m0/s1. The molecule has 0 radical (unpaired) electrons. The van der Waals surface area contributed by atoms with Crippen molar-refractivity contribution < 1.29 is 14.2 Å². The van der Waals surface area contributed by atoms with Crippen molar-refractivity contribution in [2.75, 3.05) is 0 Å². The van der Waals surface area contributed by atoms with E-state index in [2.05, 4.69) is 15.9 Å². The number of aliphatic hydroxyl groups excluding tert-OH is 1. The Morgan fingerprint density at radius 3 is 2.80 bits per heavy atom. The minimum atomic E-state index is -0.629. The van der Waals surface area contributed by atoms with E-state index in [4.69, 9.17) is 16.3 Å². The second kappa shape index (κ2) is 5.35. The van der Waals surface area contributed by atoms with Crippen LogP contribution in [-0.2, 0) is 0 Å². The molecule has 1 N–H and O–H groups in total. The van der Waals surface area contributed by atoms with Gasteiger partial charge in [-0.05, 0) is 29.8 Å². The van der Waals surface area contributed by atoms with E-state index < -0.39 is 18.0 Å². The first-order chi connectivity index (χ1) is 9.54. The lowest BCUT2D eigenvalue weighted by atomic mass is 9.95. The maximum Gasteiger partial charge on any atom is 0.142 e. The van der Waals surface area contributed by atoms with Gasteiger partial charge in [-0.2, -0.15) is 0 Å². The third-order valence-electron chi connectivity index (χ3n) is 3.36. The number of benzene rings is 2. The summed E-state index contributed by atoms with van der Waals surface area (Å²) in [7, 11) is 0. The number of hydrogen-bond donors (Lipinski definition) is 1. The highest BCUT2D eigenvalue weighted by molar-refractivity contribution is 9.10. The maximum atomic E-state index is 13.5. The molecule has 1 unspecified atom stereocenters. The van der Waals surface area contributed by atoms with Crippen LogP contribution < -0.4 is 4.74 Å². The quantitative estimate of drug-likeness (QED) is 0.794. The predicted octanol–water partition coefficient (Wildman–Crippen LogP) is 4.80. The van der Waals surface area contributed by atoms with Crippen LogP contribution in [0.25, 0.3) is 0 Å². The molecule has 20 heavy (non-hydrogen) atoms. The number of ether oxygens (including phenoxy) is 1. The molecular formula is C15H11BrClFO2. The normalized spacial score (nSPS) is 21.2. The first kappa shape index (κ1) is 13.9. The molecule has 0 saturated heterocycles. The van der Waals surface area contributed by atoms with Gasteiger partial charge in [0.1, 0.15) is 17.7 Å². The fourth-order valence-electron chi connectivity index (χ4n) is 2.33. The molecule has 104 valence electrons. The highest BCUT2D eigenvalue weighted by atomic mass is 79.9. The average Bonchev–Trinajstić information content (AvgIpc) is 2.41. The Balaban J connectivity index is 1.96. The molecule has 0 fully saturated rings. The summed E-state index contributed by atoms with van der Waals surface area (Å²) in [4.78, 5) is 0. The Morgan fingerprint density at radius 1 is 1.25 bits per heavy atom. The van der Waals surface area contributed by atoms with Crippen molar-refractivity contribution in [1.82, 2.24) is 0 Å². The third kappa shape index (κ3) is 2.55. The van der Waals surface area contributed by atoms with Gasteiger partial charge < -0.3 is 9.84 Å². The Bertz CT molecular complexity index is 662. The minimum Gasteiger partial charge on any atom is -0.485 e. The molecule has 0 amide bonds. The average molecular weight is 358 g/mol. The summed E-state index contributed by atoms with van der Waals surface area (Å²) >= 11 is 9.05. The van der Waals surface area contributed by atoms with E-state index in [1.165, 1.54) is 12.1 Å². The molecule has 2 atom stereocenters. The van der Waals surface area contributed by atoms with Crippen molar-refractivity contribution in [2.24, 2.45) is 0 Å². The van der Waals surface area contributed by atoms with Gasteiger partial charge in [0, 0.05) is 16.5 Å². The molecule has 2 aromatic carbocycles. The van der Waals surface area contributed by atoms with E-state index in [1.54, 1.807) is 12.1 Å². The zero-order chi connectivity index (χ0) is 14.3. The first-order valence-corrected chi connectivity index (χ1v) is 7.31. The van der Waals surface area contributed by atoms with Gasteiger partial charge in [-0.15, -0.1) is 0 Å². The van der Waals surface area contributed by atoms with Crippen molar-refractivity contribution in [3.8, 4) is 5.75 Å². The van der Waals surface area contributed by atoms with E-state index in [-0.39, 0.29) is 5.02 Å². The van der Waals surface area contributed by atoms with Gasteiger partial charge in [-0.1, -0.05) is 39.7 Å². The second-order valence-electron chi connectivity index (χ2n) is 4.71. The van der Waals surface area contributed by atoms with Crippen LogP contribution in [0.5, 0.6) is 5.75 Å². The van der Waals surface area contributed by atoms with Crippen LogP contribution in [0.2, 0.25) is 5.02 Å². The van der Waals surface area contributed by atoms with Crippen LogP contribution in [0.1, 0.15) is 29.8 Å². The summed E-state index contributed by atoms with van der Waals surface area (Å²) < 4.78 is 20.3. The van der Waals surface area contributed by atoms with Crippen LogP contribution in [0.3, 0.4) is 0 Å². The Kier molecular flexibility index (Phi) is 3.71. The molecular weight excluding hydrogens is 347 g/mol. The molecule has 0 saturated carbocycles. The summed E-state index contributed by atoms with van der Waals surface area (Å²) in [6.45, 7) is 0. The molecule has 0 spiro atoms. The lowest BCUT2D eigenvalue weighted by molar-refractivity contribution is 0.0655. The van der Waals surface area contributed by atoms with Gasteiger partial charge in [0.15, 0.2) is 0 Å². The van der Waals surface area contributed by atoms with Crippen molar-refractivity contribution in [3.63, 3.8) is 0 Å². The number of halogens is 3. The van der Waals surface area contributed by atoms with E-state index >= 15 is 0 Å². The van der Waals surface area contributed by atoms with Crippen LogP contribution in [-0.4, -0.2) is 5.11 Å². The molecule has 3 rings (SSSR count). The molecule has 0 aromatic heterocycles. The summed E-state index contributed by atoms with van der Waals surface area (Å²) in [6.07, 6.45) is -0.635. The zero-order valence-corrected chi connectivity index (χ0v) is 12.7. The van der Waals surface area contributed by atoms with Crippen molar-refractivity contribution in [2.45, 2.75) is 18.6 Å². The molecule has 2 aromatic rings. The predicted molar refractivity (Wildman–Crippen MR) is 78.5 cm³/mol. The highest BCUT2D eigenvalue weighted by Gasteiger charge is 2.28. The lowest BCUT2D eigenvalue weighted by Crippen LogP contribution is -2.19. The smallest absolute Gasteiger partial charge is 0.142 e. The summed E-state index contributed by atoms with van der Waals surface area (Å²) in [5, 5.41) is 10.3. The van der Waals surface area contributed by atoms with E-state index in [9.17, 15) is 9.50 Å². The molecule has 1 heterocycles. The molecule has 1 aliphatic rings. The third-order valence-corrected chi connectivity index (χ3v) is 4.16. The molecule has 2 nitrogen and oxygen atoms in total. The highest BCUT2D eigenvalue weighted by Crippen LogP contribution is 2.42. The Morgan fingerprint density at radius 2 is 2.05 bits per heavy atom. The first-order valence-electron chi connectivity index (χ1n) is 6.13. The maximum absolute atomic E-state index is 13.5. The minimum absolute atomic E-state index is 0.0771. The number of aliphatic hydroxyl groups is 1. The molecule has 0 bridgehead atoms. The zero-order valence-electron chi connectivity index (χ0n) is 10.3. The summed E-state index contributed by atoms with van der Waals surface area (Å²) in [6, 6.07) is 10.0. The summed E-state index contributed by atoms with van der Waals surface area (Å²) in [5.41, 5.74) is 1.41. The summed E-state index contributed by atoms with van der Waals surface area (Å²) in [5.74, 6) is 0.126. The van der Waals surface area contributed by atoms with E-state index in [0.717, 1.165) is 10.0 Å². The second-order valence-corrected chi connectivity index (χ2v) is 6.04. The van der Waals surface area contributed by atoms with Gasteiger partial charge in [0.2, 0.25) is 0 Å². The monoisotopic (exact) mass is 356 g/mol. The fourth-order valence-corrected chi connectivity index (χ4v) is 2.79. The van der Waals surface area contributed by atoms with Gasteiger partial charge in [-0.25, -0.2) is 4.39 Å². The lowest BCUT2D eigenvalue weighted by Gasteiger charge is -2.30. The van der Waals surface area contributed by atoms with Crippen molar-refractivity contribution >= 4 is 27.5 Å². The molecule has 0 aliphatic carbocycles. The van der Waals surface area contributed by atoms with Gasteiger partial charge >= 0.3 is 0 Å². The Labute approximate surface area is 129 Å². The van der Waals surface area contributed by atoms with Crippen LogP contribution in [0.15, 0.2) is 40.9 Å². The van der Waals surface area contributed by atoms with Crippen LogP contribution in [0, 0.1) is 5.82 Å². The SMILES string of the molecule is O[C@H]1CC(c2ccc(Cl)c(F)c2)Oc2cc(Br)ccc21. The number of rotatable bonds is 1. The van der Waals surface area contributed by atoms with E-state index in [0.29, 0.717) is 17.7 Å². The van der Waals surface area contributed by atoms with Crippen molar-refractivity contribution in [3.05, 3.63) is 62.8 Å². The van der Waals surface area contributed by atoms with Crippen LogP contribution >= 0.6 is 27.5 Å². The topological polar surface area (TPSA) is 29.5 Å². The van der Waals surface area contributed by atoms with Gasteiger partial charge in [-0.3, -0.25) is 0 Å². The van der Waals surface area contributed by atoms with Crippen LogP contribution in [0.4, 0.5) is 4.39 Å². The Hall–Kier alpha value is -1.10. The number of fused-ring (bicyclic) bond motifs is 1.